The van der Waals surface area contributed by atoms with Crippen molar-refractivity contribution < 1.29 is 4.74 Å². The molecule has 0 radical (unpaired) electrons. The summed E-state index contributed by atoms with van der Waals surface area (Å²) in [6, 6.07) is 12.0. The third kappa shape index (κ3) is 4.55. The second kappa shape index (κ2) is 8.55. The highest BCUT2D eigenvalue weighted by atomic mass is 16.5. The maximum absolute atomic E-state index is 5.58. The number of benzene rings is 1. The molecule has 2 rings (SSSR count). The number of nitrogens with one attached hydrogen (secondary N) is 1. The third-order valence-corrected chi connectivity index (χ3v) is 5.05. The highest BCUT2D eigenvalue weighted by Gasteiger charge is 2.27. The molecule has 0 aliphatic heterocycles. The molecule has 0 bridgehead atoms. The fourth-order valence-electron chi connectivity index (χ4n) is 3.69. The zero-order valence-electron chi connectivity index (χ0n) is 13.8. The van der Waals surface area contributed by atoms with Crippen molar-refractivity contribution in [3.8, 4) is 0 Å². The number of methoxy groups -OCH3 is 1. The van der Waals surface area contributed by atoms with Gasteiger partial charge in [-0.25, -0.2) is 0 Å². The highest BCUT2D eigenvalue weighted by Crippen LogP contribution is 2.30. The van der Waals surface area contributed by atoms with E-state index in [9.17, 15) is 0 Å². The van der Waals surface area contributed by atoms with Crippen molar-refractivity contribution in [2.24, 2.45) is 5.92 Å². The van der Waals surface area contributed by atoms with Crippen molar-refractivity contribution in [3.63, 3.8) is 0 Å². The van der Waals surface area contributed by atoms with E-state index >= 15 is 0 Å². The van der Waals surface area contributed by atoms with Crippen LogP contribution in [0.4, 0.5) is 0 Å². The topological polar surface area (TPSA) is 21.3 Å². The van der Waals surface area contributed by atoms with E-state index in [1.807, 2.05) is 7.11 Å². The van der Waals surface area contributed by atoms with Crippen LogP contribution in [0, 0.1) is 5.92 Å². The van der Waals surface area contributed by atoms with Crippen LogP contribution >= 0.6 is 0 Å². The Morgan fingerprint density at radius 1 is 1.14 bits per heavy atom. The lowest BCUT2D eigenvalue weighted by Crippen LogP contribution is -2.41. The molecule has 2 heteroatoms. The maximum atomic E-state index is 5.58. The van der Waals surface area contributed by atoms with Gasteiger partial charge in [0.2, 0.25) is 0 Å². The molecular formula is C19H31NO. The van der Waals surface area contributed by atoms with Crippen LogP contribution < -0.4 is 5.32 Å². The van der Waals surface area contributed by atoms with E-state index in [1.54, 1.807) is 0 Å². The summed E-state index contributed by atoms with van der Waals surface area (Å²) in [5, 5.41) is 3.96. The van der Waals surface area contributed by atoms with Crippen molar-refractivity contribution in [2.45, 2.75) is 70.6 Å². The van der Waals surface area contributed by atoms with Crippen molar-refractivity contribution in [1.29, 1.82) is 0 Å². The minimum Gasteiger partial charge on any atom is -0.381 e. The highest BCUT2D eigenvalue weighted by molar-refractivity contribution is 5.20. The van der Waals surface area contributed by atoms with Crippen LogP contribution in [-0.4, -0.2) is 19.3 Å². The fraction of sp³-hybridized carbons (Fsp3) is 0.684. The summed E-state index contributed by atoms with van der Waals surface area (Å²) in [6.45, 7) is 4.62. The molecule has 3 unspecified atom stereocenters. The molecule has 1 saturated carbocycles. The molecule has 21 heavy (non-hydrogen) atoms. The summed E-state index contributed by atoms with van der Waals surface area (Å²) >= 11 is 0. The van der Waals surface area contributed by atoms with Gasteiger partial charge in [-0.3, -0.25) is 0 Å². The molecule has 0 saturated heterocycles. The van der Waals surface area contributed by atoms with Crippen LogP contribution in [0.15, 0.2) is 30.3 Å². The Morgan fingerprint density at radius 3 is 2.48 bits per heavy atom. The van der Waals surface area contributed by atoms with Crippen LogP contribution in [0.5, 0.6) is 0 Å². The summed E-state index contributed by atoms with van der Waals surface area (Å²) in [5.74, 6) is 0.704. The van der Waals surface area contributed by atoms with Gasteiger partial charge in [0.1, 0.15) is 0 Å². The van der Waals surface area contributed by atoms with Gasteiger partial charge in [-0.05, 0) is 37.2 Å². The Kier molecular flexibility index (Phi) is 6.72. The predicted octanol–water partition coefficient (Wildman–Crippen LogP) is 4.71. The number of hydrogen-bond acceptors (Lipinski definition) is 2. The zero-order chi connectivity index (χ0) is 15.1. The van der Waals surface area contributed by atoms with Gasteiger partial charge >= 0.3 is 0 Å². The monoisotopic (exact) mass is 289 g/mol. The molecule has 3 atom stereocenters. The van der Waals surface area contributed by atoms with Gasteiger partial charge < -0.3 is 10.1 Å². The minimum absolute atomic E-state index is 0.439. The van der Waals surface area contributed by atoms with Gasteiger partial charge in [-0.15, -0.1) is 0 Å². The summed E-state index contributed by atoms with van der Waals surface area (Å²) in [5.41, 5.74) is 1.44. The van der Waals surface area contributed by atoms with E-state index in [2.05, 4.69) is 49.5 Å². The molecule has 0 spiro atoms. The molecule has 0 aromatic heterocycles. The zero-order valence-corrected chi connectivity index (χ0v) is 13.8. The first-order chi connectivity index (χ1) is 10.3. The second-order valence-corrected chi connectivity index (χ2v) is 6.35. The largest absolute Gasteiger partial charge is 0.381 e. The van der Waals surface area contributed by atoms with Gasteiger partial charge in [-0.1, -0.05) is 57.0 Å². The summed E-state index contributed by atoms with van der Waals surface area (Å²) < 4.78 is 5.58. The molecule has 1 aliphatic carbocycles. The van der Waals surface area contributed by atoms with Gasteiger partial charge in [0, 0.05) is 19.2 Å². The summed E-state index contributed by atoms with van der Waals surface area (Å²) in [7, 11) is 1.85. The molecule has 0 amide bonds. The maximum Gasteiger partial charge on any atom is 0.0586 e. The van der Waals surface area contributed by atoms with Crippen LogP contribution in [0.25, 0.3) is 0 Å². The van der Waals surface area contributed by atoms with Crippen LogP contribution in [0.1, 0.15) is 64.0 Å². The third-order valence-electron chi connectivity index (χ3n) is 5.05. The first-order valence-electron chi connectivity index (χ1n) is 8.62. The van der Waals surface area contributed by atoms with Gasteiger partial charge in [0.25, 0.3) is 0 Å². The minimum atomic E-state index is 0.439. The number of ether oxygens (including phenoxy) is 1. The second-order valence-electron chi connectivity index (χ2n) is 6.35. The number of rotatable bonds is 7. The van der Waals surface area contributed by atoms with Crippen LogP contribution in [-0.2, 0) is 4.74 Å². The van der Waals surface area contributed by atoms with Crippen molar-refractivity contribution in [2.75, 3.05) is 7.11 Å². The van der Waals surface area contributed by atoms with E-state index in [-0.39, 0.29) is 0 Å². The lowest BCUT2D eigenvalue weighted by molar-refractivity contribution is 0.0549. The fourth-order valence-corrected chi connectivity index (χ4v) is 3.69. The quantitative estimate of drug-likeness (QED) is 0.785. The Bertz CT molecular complexity index is 388. The molecule has 2 nitrogen and oxygen atoms in total. The summed E-state index contributed by atoms with van der Waals surface area (Å²) in [6.07, 6.45) is 7.82. The van der Waals surface area contributed by atoms with E-state index in [1.165, 1.54) is 37.7 Å². The Balaban J connectivity index is 2.08. The molecule has 1 aliphatic rings. The molecule has 1 N–H and O–H groups in total. The lowest BCUT2D eigenvalue weighted by atomic mass is 9.86. The van der Waals surface area contributed by atoms with E-state index in [4.69, 9.17) is 4.74 Å². The average molecular weight is 289 g/mol. The molecule has 1 fully saturated rings. The molecule has 0 heterocycles. The first kappa shape index (κ1) is 16.5. The van der Waals surface area contributed by atoms with E-state index < -0.39 is 0 Å². The Labute approximate surface area is 130 Å². The van der Waals surface area contributed by atoms with Crippen LogP contribution in [0.2, 0.25) is 0 Å². The van der Waals surface area contributed by atoms with Crippen molar-refractivity contribution in [3.05, 3.63) is 35.9 Å². The van der Waals surface area contributed by atoms with Crippen molar-refractivity contribution >= 4 is 0 Å². The van der Waals surface area contributed by atoms with Crippen LogP contribution in [0.3, 0.4) is 0 Å². The predicted molar refractivity (Wildman–Crippen MR) is 89.4 cm³/mol. The van der Waals surface area contributed by atoms with Gasteiger partial charge in [-0.2, -0.15) is 0 Å². The molecule has 1 aromatic carbocycles. The van der Waals surface area contributed by atoms with Gasteiger partial charge in [0.05, 0.1) is 6.10 Å². The Hall–Kier alpha value is -0.860. The average Bonchev–Trinajstić information content (AvgIpc) is 2.56. The molecular weight excluding hydrogens is 258 g/mol. The number of hydrogen-bond donors (Lipinski definition) is 1. The normalized spacial score (nSPS) is 24.2. The van der Waals surface area contributed by atoms with Crippen molar-refractivity contribution in [1.82, 2.24) is 5.32 Å². The SMILES string of the molecule is CCC(CC)C(NC1CCCC(OC)C1)c1ccccc1. The standard InChI is InChI=1S/C19H31NO/c1-4-15(5-2)19(16-10-7-6-8-11-16)20-17-12-9-13-18(14-17)21-3/h6-8,10-11,15,17-20H,4-5,9,12-14H2,1-3H3. The first-order valence-corrected chi connectivity index (χ1v) is 8.62. The Morgan fingerprint density at radius 2 is 1.86 bits per heavy atom. The molecule has 118 valence electrons. The van der Waals surface area contributed by atoms with E-state index in [0.29, 0.717) is 24.1 Å². The lowest BCUT2D eigenvalue weighted by Gasteiger charge is -2.35. The smallest absolute Gasteiger partial charge is 0.0586 e. The summed E-state index contributed by atoms with van der Waals surface area (Å²) in [4.78, 5) is 0. The van der Waals surface area contributed by atoms with Gasteiger partial charge in [0.15, 0.2) is 0 Å². The van der Waals surface area contributed by atoms with E-state index in [0.717, 1.165) is 6.42 Å². The molecule has 1 aromatic rings.